The van der Waals surface area contributed by atoms with E-state index in [0.29, 0.717) is 0 Å². The van der Waals surface area contributed by atoms with Gasteiger partial charge in [-0.1, -0.05) is 0 Å². The van der Waals surface area contributed by atoms with Gasteiger partial charge in [0, 0.05) is 11.3 Å². The van der Waals surface area contributed by atoms with Crippen LogP contribution in [0, 0.1) is 5.21 Å². The second-order valence-electron chi connectivity index (χ2n) is 4.05. The van der Waals surface area contributed by atoms with Crippen LogP contribution in [0.4, 0.5) is 0 Å². The number of hydroxylamine groups is 2. The Morgan fingerprint density at radius 2 is 1.73 bits per heavy atom. The molecule has 0 radical (unpaired) electrons. The zero-order valence-electron chi connectivity index (χ0n) is 7.80. The second kappa shape index (κ2) is 2.05. The molecule has 1 heterocycles. The van der Waals surface area contributed by atoms with E-state index < -0.39 is 11.2 Å². The van der Waals surface area contributed by atoms with E-state index in [1.54, 1.807) is 0 Å². The fourth-order valence-electron chi connectivity index (χ4n) is 1.42. The van der Waals surface area contributed by atoms with Crippen molar-refractivity contribution in [3.63, 3.8) is 0 Å². The van der Waals surface area contributed by atoms with Crippen molar-refractivity contribution in [3.8, 4) is 0 Å². The van der Waals surface area contributed by atoms with Gasteiger partial charge in [-0.25, -0.2) is 0 Å². The van der Waals surface area contributed by atoms with Gasteiger partial charge in [0.1, 0.15) is 0 Å². The molecule has 3 nitrogen and oxygen atoms in total. The van der Waals surface area contributed by atoms with Crippen LogP contribution in [0.2, 0.25) is 0 Å². The summed E-state index contributed by atoms with van der Waals surface area (Å²) in [5, 5.41) is 12.6. The predicted octanol–water partition coefficient (Wildman–Crippen LogP) is 1.78. The van der Waals surface area contributed by atoms with E-state index in [0.717, 1.165) is 10.8 Å². The molecule has 1 aliphatic heterocycles. The first-order valence-corrected chi connectivity index (χ1v) is 3.83. The lowest BCUT2D eigenvalue weighted by molar-refractivity contribution is 0.149. The van der Waals surface area contributed by atoms with Crippen LogP contribution in [0.3, 0.4) is 0 Å². The summed E-state index contributed by atoms with van der Waals surface area (Å²) < 4.78 is 0. The minimum Gasteiger partial charge on any atom is -0.783 e. The number of hydrogen-bond donors (Lipinski definition) is 0. The Morgan fingerprint density at radius 1 is 1.27 bits per heavy atom. The van der Waals surface area contributed by atoms with Crippen LogP contribution in [0.5, 0.6) is 0 Å². The number of rotatable bonds is 0. The van der Waals surface area contributed by atoms with E-state index in [1.165, 1.54) is 0 Å². The van der Waals surface area contributed by atoms with Crippen molar-refractivity contribution in [2.24, 2.45) is 4.99 Å². The summed E-state index contributed by atoms with van der Waals surface area (Å²) in [5.74, 6) is 0. The summed E-state index contributed by atoms with van der Waals surface area (Å²) in [4.78, 5) is 4.28. The molecule has 0 aromatic carbocycles. The predicted molar refractivity (Wildman–Crippen MR) is 46.5 cm³/mol. The lowest BCUT2D eigenvalue weighted by Gasteiger charge is -2.45. The van der Waals surface area contributed by atoms with Crippen LogP contribution in [0.1, 0.15) is 34.6 Å². The second-order valence-corrected chi connectivity index (χ2v) is 4.05. The molecule has 0 N–H and O–H groups in total. The van der Waals surface area contributed by atoms with Gasteiger partial charge in [-0.05, 0) is 34.6 Å². The van der Waals surface area contributed by atoms with Crippen LogP contribution < -0.4 is 0 Å². The minimum atomic E-state index is -0.576. The van der Waals surface area contributed by atoms with Crippen molar-refractivity contribution in [1.29, 1.82) is 0 Å². The largest absolute Gasteiger partial charge is 0.783 e. The zero-order chi connectivity index (χ0) is 8.86. The maximum Gasteiger partial charge on any atom is 0.0964 e. The van der Waals surface area contributed by atoms with Crippen molar-refractivity contribution in [2.75, 3.05) is 0 Å². The van der Waals surface area contributed by atoms with Crippen LogP contribution in [-0.4, -0.2) is 22.0 Å². The number of aliphatic imine (C=N–C) groups is 1. The van der Waals surface area contributed by atoms with Gasteiger partial charge in [0.25, 0.3) is 0 Å². The Morgan fingerprint density at radius 3 is 1.82 bits per heavy atom. The van der Waals surface area contributed by atoms with Crippen molar-refractivity contribution >= 4 is 5.71 Å². The molecule has 0 spiro atoms. The molecule has 0 saturated heterocycles. The summed E-state index contributed by atoms with van der Waals surface area (Å²) in [7, 11) is 0. The average Bonchev–Trinajstić information content (AvgIpc) is 1.94. The molecule has 1 rings (SSSR count). The first-order chi connectivity index (χ1) is 4.78. The number of nitrogens with zero attached hydrogens (tertiary/aromatic N) is 2. The van der Waals surface area contributed by atoms with E-state index in [1.807, 2.05) is 34.6 Å². The third-order valence-corrected chi connectivity index (χ3v) is 2.33. The molecule has 3 heteroatoms. The average molecular weight is 155 g/mol. The molecule has 0 saturated carbocycles. The molecule has 0 unspecified atom stereocenters. The van der Waals surface area contributed by atoms with Crippen LogP contribution in [0.25, 0.3) is 0 Å². The molecular formula is C8H15N2O-. The van der Waals surface area contributed by atoms with Crippen molar-refractivity contribution in [3.05, 3.63) is 5.21 Å². The zero-order valence-corrected chi connectivity index (χ0v) is 7.80. The fourth-order valence-corrected chi connectivity index (χ4v) is 1.42. The van der Waals surface area contributed by atoms with Crippen molar-refractivity contribution in [1.82, 2.24) is 5.06 Å². The van der Waals surface area contributed by atoms with E-state index in [-0.39, 0.29) is 0 Å². The highest BCUT2D eigenvalue weighted by atomic mass is 16.5. The van der Waals surface area contributed by atoms with Gasteiger partial charge >= 0.3 is 0 Å². The molecule has 0 aliphatic carbocycles. The summed E-state index contributed by atoms with van der Waals surface area (Å²) in [6.07, 6.45) is 0. The first kappa shape index (κ1) is 8.68. The van der Waals surface area contributed by atoms with E-state index in [9.17, 15) is 5.21 Å². The molecule has 1 aliphatic rings. The van der Waals surface area contributed by atoms with E-state index in [2.05, 4.69) is 4.99 Å². The van der Waals surface area contributed by atoms with Crippen LogP contribution in [0.15, 0.2) is 4.99 Å². The summed E-state index contributed by atoms with van der Waals surface area (Å²) in [5.41, 5.74) is -0.0885. The Balaban J connectivity index is 3.04. The standard InChI is InChI=1S/C8H15N2O/c1-6-7(2,3)10(11)8(4,5)9-6/h1-5H3/q-1. The Hall–Kier alpha value is -0.410. The third kappa shape index (κ3) is 1.08. The Kier molecular flexibility index (Phi) is 1.62. The maximum atomic E-state index is 11.6. The van der Waals surface area contributed by atoms with Gasteiger partial charge in [0.15, 0.2) is 0 Å². The highest BCUT2D eigenvalue weighted by Gasteiger charge is 2.38. The van der Waals surface area contributed by atoms with Gasteiger partial charge in [0.2, 0.25) is 0 Å². The molecule has 0 atom stereocenters. The van der Waals surface area contributed by atoms with Gasteiger partial charge < -0.3 is 10.3 Å². The number of hydrogen-bond acceptors (Lipinski definition) is 3. The molecule has 64 valence electrons. The topological polar surface area (TPSA) is 38.7 Å². The van der Waals surface area contributed by atoms with Crippen molar-refractivity contribution in [2.45, 2.75) is 45.8 Å². The lowest BCUT2D eigenvalue weighted by atomic mass is 10.0. The van der Waals surface area contributed by atoms with Gasteiger partial charge in [-0.3, -0.25) is 4.99 Å². The third-order valence-electron chi connectivity index (χ3n) is 2.33. The molecule has 0 amide bonds. The fraction of sp³-hybridized carbons (Fsp3) is 0.875. The molecule has 11 heavy (non-hydrogen) atoms. The van der Waals surface area contributed by atoms with Gasteiger partial charge in [-0.2, -0.15) is 0 Å². The van der Waals surface area contributed by atoms with E-state index in [4.69, 9.17) is 0 Å². The lowest BCUT2D eigenvalue weighted by Crippen LogP contribution is -2.47. The smallest absolute Gasteiger partial charge is 0.0964 e. The van der Waals surface area contributed by atoms with E-state index >= 15 is 0 Å². The quantitative estimate of drug-likeness (QED) is 0.534. The Labute approximate surface area is 67.7 Å². The first-order valence-electron chi connectivity index (χ1n) is 3.83. The summed E-state index contributed by atoms with van der Waals surface area (Å²) in [6.45, 7) is 9.36. The molecule has 0 bridgehead atoms. The van der Waals surface area contributed by atoms with Gasteiger partial charge in [-0.15, -0.1) is 0 Å². The highest BCUT2D eigenvalue weighted by Crippen LogP contribution is 2.33. The highest BCUT2D eigenvalue weighted by molar-refractivity contribution is 5.92. The maximum absolute atomic E-state index is 11.6. The minimum absolute atomic E-state index is 0.427. The van der Waals surface area contributed by atoms with Crippen molar-refractivity contribution < 1.29 is 0 Å². The monoisotopic (exact) mass is 155 g/mol. The van der Waals surface area contributed by atoms with Crippen LogP contribution in [-0.2, 0) is 0 Å². The Bertz CT molecular complexity index is 206. The molecule has 0 aromatic rings. The van der Waals surface area contributed by atoms with Crippen LogP contribution >= 0.6 is 0 Å². The summed E-state index contributed by atoms with van der Waals surface area (Å²) >= 11 is 0. The molecule has 0 aromatic heterocycles. The normalized spacial score (nSPS) is 28.7. The van der Waals surface area contributed by atoms with Gasteiger partial charge in [0.05, 0.1) is 5.66 Å². The molecule has 0 fully saturated rings. The molecular weight excluding hydrogens is 140 g/mol. The summed E-state index contributed by atoms with van der Waals surface area (Å²) in [6, 6.07) is 0. The SMILES string of the molecule is CC1=NC(C)(C)N([O-])C1(C)C.